The number of nitrogens with one attached hydrogen (secondary N) is 1. The summed E-state index contributed by atoms with van der Waals surface area (Å²) in [5.41, 5.74) is 1.57. The number of carbonyl (C=O) groups excluding carboxylic acids is 1. The smallest absolute Gasteiger partial charge is 0.271 e. The number of carbonyl (C=O) groups is 1. The van der Waals surface area contributed by atoms with Gasteiger partial charge in [0.15, 0.2) is 11.2 Å². The predicted molar refractivity (Wildman–Crippen MR) is 104 cm³/mol. The Morgan fingerprint density at radius 3 is 2.70 bits per heavy atom. The highest BCUT2D eigenvalue weighted by atomic mass is 35.5. The van der Waals surface area contributed by atoms with Gasteiger partial charge >= 0.3 is 0 Å². The largest absolute Gasteiger partial charge is 0.479 e. The molecule has 0 aliphatic heterocycles. The van der Waals surface area contributed by atoms with E-state index in [4.69, 9.17) is 16.3 Å². The molecule has 27 heavy (non-hydrogen) atoms. The monoisotopic (exact) mass is 403 g/mol. The molecule has 0 radical (unpaired) electrons. The van der Waals surface area contributed by atoms with E-state index in [1.807, 2.05) is 35.7 Å². The molecule has 138 valence electrons. The van der Waals surface area contributed by atoms with Crippen molar-refractivity contribution in [2.45, 2.75) is 13.0 Å². The minimum atomic E-state index is -0.868. The number of halogens is 1. The zero-order chi connectivity index (χ0) is 19.4. The lowest BCUT2D eigenvalue weighted by Crippen LogP contribution is -2.30. The maximum Gasteiger partial charge on any atom is 0.271 e. The van der Waals surface area contributed by atoms with Gasteiger partial charge in [-0.05, 0) is 13.0 Å². The van der Waals surface area contributed by atoms with E-state index >= 15 is 0 Å². The minimum absolute atomic E-state index is 0.0597. The number of thiazole rings is 1. The molecule has 3 aromatic rings. The maximum absolute atomic E-state index is 12.3. The molecule has 1 heterocycles. The molecular weight excluding hydrogens is 390 g/mol. The van der Waals surface area contributed by atoms with Crippen LogP contribution in [0.25, 0.3) is 11.3 Å². The average Bonchev–Trinajstić information content (AvgIpc) is 3.12. The zero-order valence-electron chi connectivity index (χ0n) is 14.1. The maximum atomic E-state index is 12.3. The summed E-state index contributed by atoms with van der Waals surface area (Å²) in [6, 6.07) is 13.4. The highest BCUT2D eigenvalue weighted by Crippen LogP contribution is 2.30. The molecule has 0 saturated carbocycles. The lowest BCUT2D eigenvalue weighted by molar-refractivity contribution is -0.384. The number of benzene rings is 2. The zero-order valence-corrected chi connectivity index (χ0v) is 15.7. The molecule has 1 atom stereocenters. The minimum Gasteiger partial charge on any atom is -0.479 e. The molecule has 0 bridgehead atoms. The molecule has 2 aromatic carbocycles. The van der Waals surface area contributed by atoms with Gasteiger partial charge in [0.1, 0.15) is 5.75 Å². The van der Waals surface area contributed by atoms with E-state index in [1.165, 1.54) is 29.5 Å². The molecule has 1 N–H and O–H groups in total. The second-order valence-electron chi connectivity index (χ2n) is 5.53. The van der Waals surface area contributed by atoms with E-state index in [0.29, 0.717) is 5.13 Å². The first-order valence-electron chi connectivity index (χ1n) is 7.86. The topological polar surface area (TPSA) is 94.4 Å². The Balaban J connectivity index is 1.65. The summed E-state index contributed by atoms with van der Waals surface area (Å²) in [5, 5.41) is 15.8. The van der Waals surface area contributed by atoms with Crippen LogP contribution in [0.1, 0.15) is 6.92 Å². The molecule has 0 spiro atoms. The van der Waals surface area contributed by atoms with Gasteiger partial charge in [0.05, 0.1) is 15.6 Å². The van der Waals surface area contributed by atoms with Crippen molar-refractivity contribution < 1.29 is 14.5 Å². The average molecular weight is 404 g/mol. The van der Waals surface area contributed by atoms with E-state index in [0.717, 1.165) is 11.3 Å². The molecule has 0 fully saturated rings. The molecule has 3 rings (SSSR count). The number of rotatable bonds is 6. The molecular formula is C18H14ClN3O4S. The van der Waals surface area contributed by atoms with Crippen LogP contribution in [0.5, 0.6) is 5.75 Å². The predicted octanol–water partition coefficient (Wildman–Crippen LogP) is 4.78. The van der Waals surface area contributed by atoms with Gasteiger partial charge in [-0.2, -0.15) is 0 Å². The van der Waals surface area contributed by atoms with Gasteiger partial charge in [-0.3, -0.25) is 20.2 Å². The van der Waals surface area contributed by atoms with Crippen LogP contribution in [-0.2, 0) is 4.79 Å². The Bertz CT molecular complexity index is 978. The van der Waals surface area contributed by atoms with Crippen molar-refractivity contribution in [3.8, 4) is 17.0 Å². The Kier molecular flexibility index (Phi) is 5.68. The molecule has 7 nitrogen and oxygen atoms in total. The van der Waals surface area contributed by atoms with Gasteiger partial charge in [0.2, 0.25) is 0 Å². The lowest BCUT2D eigenvalue weighted by Gasteiger charge is -2.14. The molecule has 0 unspecified atom stereocenters. The van der Waals surface area contributed by atoms with Crippen molar-refractivity contribution in [2.75, 3.05) is 5.32 Å². The second kappa shape index (κ2) is 8.15. The number of hydrogen-bond donors (Lipinski definition) is 1. The van der Waals surface area contributed by atoms with Gasteiger partial charge < -0.3 is 4.74 Å². The standard InChI is InChI=1S/C18H14ClN3O4S/c1-11(26-16-8-7-13(22(24)25)9-14(16)19)17(23)21-18-20-15(10-27-18)12-5-3-2-4-6-12/h2-11H,1H3,(H,20,21,23)/t11-/m0/s1. The van der Waals surface area contributed by atoms with E-state index in [1.54, 1.807) is 6.92 Å². The van der Waals surface area contributed by atoms with Crippen molar-refractivity contribution in [3.05, 3.63) is 69.0 Å². The molecule has 9 heteroatoms. The SMILES string of the molecule is C[C@H](Oc1ccc([N+](=O)[O-])cc1Cl)C(=O)Nc1nc(-c2ccccc2)cs1. The Labute approximate surface area is 163 Å². The Morgan fingerprint density at radius 2 is 2.04 bits per heavy atom. The Morgan fingerprint density at radius 1 is 1.30 bits per heavy atom. The number of nitrogens with zero attached hydrogens (tertiary/aromatic N) is 2. The van der Waals surface area contributed by atoms with E-state index in [9.17, 15) is 14.9 Å². The summed E-state index contributed by atoms with van der Waals surface area (Å²) in [5.74, 6) is -0.215. The van der Waals surface area contributed by atoms with Crippen LogP contribution in [0.3, 0.4) is 0 Å². The van der Waals surface area contributed by atoms with Crippen molar-refractivity contribution in [3.63, 3.8) is 0 Å². The summed E-state index contributed by atoms with van der Waals surface area (Å²) in [6.07, 6.45) is -0.868. The number of amides is 1. The third-order valence-corrected chi connectivity index (χ3v) is 4.66. The van der Waals surface area contributed by atoms with Crippen molar-refractivity contribution >= 4 is 39.7 Å². The summed E-state index contributed by atoms with van der Waals surface area (Å²) in [7, 11) is 0. The van der Waals surface area contributed by atoms with Crippen LogP contribution in [0, 0.1) is 10.1 Å². The number of nitro benzene ring substituents is 1. The van der Waals surface area contributed by atoms with Crippen molar-refractivity contribution in [1.29, 1.82) is 0 Å². The van der Waals surface area contributed by atoms with Gasteiger partial charge in [-0.15, -0.1) is 11.3 Å². The van der Waals surface area contributed by atoms with E-state index in [2.05, 4.69) is 10.3 Å². The van der Waals surface area contributed by atoms with Gasteiger partial charge in [-0.1, -0.05) is 41.9 Å². The number of aromatic nitrogens is 1. The number of hydrogen-bond acceptors (Lipinski definition) is 6. The molecule has 0 saturated heterocycles. The number of ether oxygens (including phenoxy) is 1. The van der Waals surface area contributed by atoms with Crippen molar-refractivity contribution in [1.82, 2.24) is 4.98 Å². The van der Waals surface area contributed by atoms with Gasteiger partial charge in [0.25, 0.3) is 11.6 Å². The van der Waals surface area contributed by atoms with Crippen LogP contribution >= 0.6 is 22.9 Å². The fraction of sp³-hybridized carbons (Fsp3) is 0.111. The third-order valence-electron chi connectivity index (χ3n) is 3.60. The van der Waals surface area contributed by atoms with Crippen molar-refractivity contribution in [2.24, 2.45) is 0 Å². The number of non-ortho nitro benzene ring substituents is 1. The number of nitro groups is 1. The summed E-state index contributed by atoms with van der Waals surface area (Å²) in [4.78, 5) is 26.9. The highest BCUT2D eigenvalue weighted by molar-refractivity contribution is 7.14. The highest BCUT2D eigenvalue weighted by Gasteiger charge is 2.19. The summed E-state index contributed by atoms with van der Waals surface area (Å²) >= 11 is 7.29. The van der Waals surface area contributed by atoms with Crippen LogP contribution in [-0.4, -0.2) is 21.9 Å². The number of anilines is 1. The van der Waals surface area contributed by atoms with E-state index < -0.39 is 16.9 Å². The fourth-order valence-electron chi connectivity index (χ4n) is 2.22. The first-order chi connectivity index (χ1) is 12.9. The molecule has 1 amide bonds. The Hall–Kier alpha value is -2.97. The first kappa shape index (κ1) is 18.8. The normalized spacial score (nSPS) is 11.6. The molecule has 0 aliphatic carbocycles. The first-order valence-corrected chi connectivity index (χ1v) is 9.12. The van der Waals surface area contributed by atoms with Crippen LogP contribution in [0.2, 0.25) is 5.02 Å². The second-order valence-corrected chi connectivity index (χ2v) is 6.79. The van der Waals surface area contributed by atoms with Crippen LogP contribution in [0.15, 0.2) is 53.9 Å². The van der Waals surface area contributed by atoms with Gasteiger partial charge in [-0.25, -0.2) is 4.98 Å². The van der Waals surface area contributed by atoms with Crippen LogP contribution in [0.4, 0.5) is 10.8 Å². The third kappa shape index (κ3) is 4.60. The summed E-state index contributed by atoms with van der Waals surface area (Å²) < 4.78 is 5.52. The van der Waals surface area contributed by atoms with Gasteiger partial charge in [0, 0.05) is 23.1 Å². The van der Waals surface area contributed by atoms with Crippen LogP contribution < -0.4 is 10.1 Å². The van der Waals surface area contributed by atoms with E-state index in [-0.39, 0.29) is 16.5 Å². The quantitative estimate of drug-likeness (QED) is 0.472. The molecule has 1 aromatic heterocycles. The summed E-state index contributed by atoms with van der Waals surface area (Å²) in [6.45, 7) is 1.55. The molecule has 0 aliphatic rings. The lowest BCUT2D eigenvalue weighted by atomic mass is 10.2. The fourth-order valence-corrected chi connectivity index (χ4v) is 3.16.